The summed E-state index contributed by atoms with van der Waals surface area (Å²) in [6.07, 6.45) is 2.96. The standard InChI is InChI=1S/C16H19NO5/c1-2-14-13(7-4-8-21-14)16(20)17-11-5-3-6-12(9-11)22-10-15(18)19/h2-3,5-6,9,13-14H,1,4,7-8,10H2,(H,17,20)(H,18,19)/t13-,14+/m1/s1. The molecular weight excluding hydrogens is 286 g/mol. The van der Waals surface area contributed by atoms with E-state index in [0.29, 0.717) is 18.0 Å². The summed E-state index contributed by atoms with van der Waals surface area (Å²) < 4.78 is 10.6. The van der Waals surface area contributed by atoms with Gasteiger partial charge < -0.3 is 19.9 Å². The molecule has 0 radical (unpaired) electrons. The Hall–Kier alpha value is -2.34. The molecule has 1 fully saturated rings. The van der Waals surface area contributed by atoms with Gasteiger partial charge in [0, 0.05) is 18.4 Å². The molecule has 118 valence electrons. The molecule has 0 bridgehead atoms. The maximum absolute atomic E-state index is 12.3. The van der Waals surface area contributed by atoms with Crippen molar-refractivity contribution in [2.24, 2.45) is 5.92 Å². The number of benzene rings is 1. The highest BCUT2D eigenvalue weighted by atomic mass is 16.5. The van der Waals surface area contributed by atoms with Gasteiger partial charge in [0.2, 0.25) is 5.91 Å². The van der Waals surface area contributed by atoms with Gasteiger partial charge in [0.05, 0.1) is 12.0 Å². The van der Waals surface area contributed by atoms with Gasteiger partial charge in [-0.15, -0.1) is 6.58 Å². The number of carbonyl (C=O) groups is 2. The van der Waals surface area contributed by atoms with E-state index in [0.717, 1.165) is 12.8 Å². The molecule has 2 atom stereocenters. The molecule has 1 aromatic carbocycles. The van der Waals surface area contributed by atoms with E-state index >= 15 is 0 Å². The largest absolute Gasteiger partial charge is 0.482 e. The van der Waals surface area contributed by atoms with Crippen LogP contribution in [0.1, 0.15) is 12.8 Å². The molecule has 1 amide bonds. The first-order valence-corrected chi connectivity index (χ1v) is 7.10. The lowest BCUT2D eigenvalue weighted by Gasteiger charge is -2.28. The number of aliphatic carboxylic acids is 1. The lowest BCUT2D eigenvalue weighted by Crippen LogP contribution is -2.37. The van der Waals surface area contributed by atoms with E-state index in [4.69, 9.17) is 14.6 Å². The zero-order chi connectivity index (χ0) is 15.9. The Kier molecular flexibility index (Phi) is 5.55. The quantitative estimate of drug-likeness (QED) is 0.786. The molecule has 1 heterocycles. The molecule has 1 aromatic rings. The maximum atomic E-state index is 12.3. The van der Waals surface area contributed by atoms with Crippen molar-refractivity contribution in [3.63, 3.8) is 0 Å². The minimum Gasteiger partial charge on any atom is -0.482 e. The third kappa shape index (κ3) is 4.33. The van der Waals surface area contributed by atoms with Crippen molar-refractivity contribution in [2.75, 3.05) is 18.5 Å². The van der Waals surface area contributed by atoms with E-state index in [1.165, 1.54) is 0 Å². The number of amides is 1. The molecule has 0 saturated carbocycles. The van der Waals surface area contributed by atoms with Crippen molar-refractivity contribution in [3.05, 3.63) is 36.9 Å². The van der Waals surface area contributed by atoms with Crippen molar-refractivity contribution in [2.45, 2.75) is 18.9 Å². The highest BCUT2D eigenvalue weighted by Gasteiger charge is 2.29. The summed E-state index contributed by atoms with van der Waals surface area (Å²) in [4.78, 5) is 22.8. The number of ether oxygens (including phenoxy) is 2. The van der Waals surface area contributed by atoms with Crippen molar-refractivity contribution in [1.82, 2.24) is 0 Å². The molecule has 2 N–H and O–H groups in total. The molecule has 2 rings (SSSR count). The minimum atomic E-state index is -1.05. The molecule has 6 nitrogen and oxygen atoms in total. The smallest absolute Gasteiger partial charge is 0.341 e. The summed E-state index contributed by atoms with van der Waals surface area (Å²) in [5.41, 5.74) is 0.557. The van der Waals surface area contributed by atoms with Crippen LogP contribution >= 0.6 is 0 Å². The number of rotatable bonds is 6. The molecule has 1 aliphatic rings. The highest BCUT2D eigenvalue weighted by molar-refractivity contribution is 5.93. The third-order valence-electron chi connectivity index (χ3n) is 3.40. The lowest BCUT2D eigenvalue weighted by molar-refractivity contribution is -0.139. The van der Waals surface area contributed by atoms with Gasteiger partial charge in [-0.1, -0.05) is 12.1 Å². The van der Waals surface area contributed by atoms with Crippen molar-refractivity contribution < 1.29 is 24.2 Å². The number of hydrogen-bond donors (Lipinski definition) is 2. The number of anilines is 1. The van der Waals surface area contributed by atoms with Crippen LogP contribution in [0.15, 0.2) is 36.9 Å². The van der Waals surface area contributed by atoms with Crippen LogP contribution in [-0.4, -0.2) is 36.3 Å². The van der Waals surface area contributed by atoms with Crippen molar-refractivity contribution in [3.8, 4) is 5.75 Å². The minimum absolute atomic E-state index is 0.139. The maximum Gasteiger partial charge on any atom is 0.341 e. The van der Waals surface area contributed by atoms with Crippen LogP contribution in [-0.2, 0) is 14.3 Å². The fraction of sp³-hybridized carbons (Fsp3) is 0.375. The molecule has 6 heteroatoms. The summed E-state index contributed by atoms with van der Waals surface area (Å²) in [6.45, 7) is 3.91. The van der Waals surface area contributed by atoms with Crippen molar-refractivity contribution >= 4 is 17.6 Å². The molecular formula is C16H19NO5. The summed E-state index contributed by atoms with van der Waals surface area (Å²) in [7, 11) is 0. The van der Waals surface area contributed by atoms with Crippen LogP contribution in [0.3, 0.4) is 0 Å². The first-order valence-electron chi connectivity index (χ1n) is 7.10. The number of nitrogens with one attached hydrogen (secondary N) is 1. The van der Waals surface area contributed by atoms with Crippen LogP contribution in [0.25, 0.3) is 0 Å². The van der Waals surface area contributed by atoms with Gasteiger partial charge in [-0.25, -0.2) is 4.79 Å². The van der Waals surface area contributed by atoms with E-state index in [-0.39, 0.29) is 17.9 Å². The van der Waals surface area contributed by atoms with E-state index in [2.05, 4.69) is 11.9 Å². The average molecular weight is 305 g/mol. The van der Waals surface area contributed by atoms with Crippen LogP contribution in [0.2, 0.25) is 0 Å². The van der Waals surface area contributed by atoms with Crippen LogP contribution in [0.5, 0.6) is 5.75 Å². The summed E-state index contributed by atoms with van der Waals surface area (Å²) >= 11 is 0. The monoisotopic (exact) mass is 305 g/mol. The van der Waals surface area contributed by atoms with Gasteiger partial charge >= 0.3 is 5.97 Å². The van der Waals surface area contributed by atoms with E-state index in [9.17, 15) is 9.59 Å². The molecule has 1 aliphatic heterocycles. The Balaban J connectivity index is 2.00. The van der Waals surface area contributed by atoms with Crippen LogP contribution in [0, 0.1) is 5.92 Å². The second-order valence-electron chi connectivity index (χ2n) is 5.02. The van der Waals surface area contributed by atoms with Crippen molar-refractivity contribution in [1.29, 1.82) is 0 Å². The Bertz CT molecular complexity index is 557. The Morgan fingerprint density at radius 3 is 3.05 bits per heavy atom. The molecule has 22 heavy (non-hydrogen) atoms. The normalized spacial score (nSPS) is 20.9. The first-order chi connectivity index (χ1) is 10.6. The van der Waals surface area contributed by atoms with Gasteiger partial charge in [0.25, 0.3) is 0 Å². The molecule has 0 unspecified atom stereocenters. The van der Waals surface area contributed by atoms with Crippen LogP contribution in [0.4, 0.5) is 5.69 Å². The van der Waals surface area contributed by atoms with E-state index < -0.39 is 12.6 Å². The Morgan fingerprint density at radius 1 is 1.50 bits per heavy atom. The van der Waals surface area contributed by atoms with Gasteiger partial charge in [0.15, 0.2) is 6.61 Å². The first kappa shape index (κ1) is 16.0. The number of carbonyl (C=O) groups excluding carboxylic acids is 1. The third-order valence-corrected chi connectivity index (χ3v) is 3.40. The van der Waals surface area contributed by atoms with Gasteiger partial charge in [-0.2, -0.15) is 0 Å². The second-order valence-corrected chi connectivity index (χ2v) is 5.02. The van der Waals surface area contributed by atoms with E-state index in [1.807, 2.05) is 0 Å². The summed E-state index contributed by atoms with van der Waals surface area (Å²) in [6, 6.07) is 6.63. The fourth-order valence-corrected chi connectivity index (χ4v) is 2.36. The zero-order valence-electron chi connectivity index (χ0n) is 12.2. The van der Waals surface area contributed by atoms with Gasteiger partial charge in [0.1, 0.15) is 5.75 Å². The number of hydrogen-bond acceptors (Lipinski definition) is 4. The average Bonchev–Trinajstić information content (AvgIpc) is 2.53. The zero-order valence-corrected chi connectivity index (χ0v) is 12.2. The molecule has 1 saturated heterocycles. The van der Waals surface area contributed by atoms with Gasteiger partial charge in [-0.05, 0) is 25.0 Å². The number of carboxylic acids is 1. The lowest BCUT2D eigenvalue weighted by atomic mass is 9.93. The second kappa shape index (κ2) is 7.61. The molecule has 0 spiro atoms. The van der Waals surface area contributed by atoms with Crippen LogP contribution < -0.4 is 10.1 Å². The predicted octanol–water partition coefficient (Wildman–Crippen LogP) is 2.07. The SMILES string of the molecule is C=C[C@@H]1OCCC[C@H]1C(=O)Nc1cccc(OCC(=O)O)c1. The Labute approximate surface area is 128 Å². The van der Waals surface area contributed by atoms with Gasteiger partial charge in [-0.3, -0.25) is 4.79 Å². The number of carboxylic acid groups (broad SMARTS) is 1. The summed E-state index contributed by atoms with van der Waals surface area (Å²) in [5.74, 6) is -1.07. The topological polar surface area (TPSA) is 84.9 Å². The fourth-order valence-electron chi connectivity index (χ4n) is 2.36. The Morgan fingerprint density at radius 2 is 2.32 bits per heavy atom. The highest BCUT2D eigenvalue weighted by Crippen LogP contribution is 2.24. The van der Waals surface area contributed by atoms with E-state index in [1.54, 1.807) is 30.3 Å². The summed E-state index contributed by atoms with van der Waals surface area (Å²) in [5, 5.41) is 11.4. The molecule has 0 aliphatic carbocycles. The predicted molar refractivity (Wildman–Crippen MR) is 80.9 cm³/mol. The molecule has 0 aromatic heterocycles.